The van der Waals surface area contributed by atoms with Gasteiger partial charge in [-0.25, -0.2) is 0 Å². The van der Waals surface area contributed by atoms with Crippen LogP contribution in [0.3, 0.4) is 0 Å². The van der Waals surface area contributed by atoms with Crippen LogP contribution in [0.2, 0.25) is 0 Å². The monoisotopic (exact) mass is 303 g/mol. The van der Waals surface area contributed by atoms with Gasteiger partial charge >= 0.3 is 0 Å². The number of hydrogen-bond donors (Lipinski definition) is 0. The van der Waals surface area contributed by atoms with E-state index in [1.807, 2.05) is 25.1 Å². The standard InChI is InChI=1S/C10H10INO2/c1-2-12-8-5-7(11)3-4-9(8)14-6-10(12)13/h3-5H,2,6H2,1H3. The maximum atomic E-state index is 11.5. The molecule has 0 atom stereocenters. The number of ether oxygens (including phenoxy) is 1. The molecule has 3 nitrogen and oxygen atoms in total. The molecule has 0 saturated carbocycles. The molecule has 0 unspecified atom stereocenters. The van der Waals surface area contributed by atoms with E-state index in [2.05, 4.69) is 22.6 Å². The number of benzene rings is 1. The van der Waals surface area contributed by atoms with Crippen molar-refractivity contribution in [2.24, 2.45) is 0 Å². The van der Waals surface area contributed by atoms with Crippen LogP contribution in [-0.2, 0) is 4.79 Å². The fraction of sp³-hybridized carbons (Fsp3) is 0.300. The fourth-order valence-corrected chi connectivity index (χ4v) is 2.00. The molecule has 0 N–H and O–H groups in total. The number of rotatable bonds is 1. The Hall–Kier alpha value is -0.780. The summed E-state index contributed by atoms with van der Waals surface area (Å²) in [6.07, 6.45) is 0. The lowest BCUT2D eigenvalue weighted by Gasteiger charge is -2.28. The molecule has 1 aromatic carbocycles. The maximum Gasteiger partial charge on any atom is 0.265 e. The Bertz CT molecular complexity index is 378. The van der Waals surface area contributed by atoms with E-state index < -0.39 is 0 Å². The van der Waals surface area contributed by atoms with Gasteiger partial charge in [-0.15, -0.1) is 0 Å². The van der Waals surface area contributed by atoms with Gasteiger partial charge in [-0.1, -0.05) is 0 Å². The second-order valence-electron chi connectivity index (χ2n) is 3.04. The minimum atomic E-state index is 0.0296. The molecule has 74 valence electrons. The smallest absolute Gasteiger partial charge is 0.265 e. The van der Waals surface area contributed by atoms with Gasteiger partial charge in [0.1, 0.15) is 5.75 Å². The fourth-order valence-electron chi connectivity index (χ4n) is 1.52. The lowest BCUT2D eigenvalue weighted by atomic mass is 10.2. The first-order chi connectivity index (χ1) is 6.72. The molecule has 0 saturated heterocycles. The largest absolute Gasteiger partial charge is 0.482 e. The lowest BCUT2D eigenvalue weighted by Crippen LogP contribution is -2.38. The van der Waals surface area contributed by atoms with Crippen LogP contribution < -0.4 is 9.64 Å². The third-order valence-electron chi connectivity index (χ3n) is 2.18. The summed E-state index contributed by atoms with van der Waals surface area (Å²) < 4.78 is 6.44. The third kappa shape index (κ3) is 1.58. The highest BCUT2D eigenvalue weighted by molar-refractivity contribution is 14.1. The summed E-state index contributed by atoms with van der Waals surface area (Å²) >= 11 is 2.23. The Kier molecular flexibility index (Phi) is 2.62. The average Bonchev–Trinajstić information content (AvgIpc) is 2.17. The van der Waals surface area contributed by atoms with Crippen LogP contribution in [0.4, 0.5) is 5.69 Å². The molecule has 0 spiro atoms. The number of carbonyl (C=O) groups excluding carboxylic acids is 1. The summed E-state index contributed by atoms with van der Waals surface area (Å²) in [6.45, 7) is 2.81. The number of nitrogens with zero attached hydrogens (tertiary/aromatic N) is 1. The minimum absolute atomic E-state index is 0.0296. The van der Waals surface area contributed by atoms with E-state index in [0.717, 1.165) is 15.0 Å². The van der Waals surface area contributed by atoms with Gasteiger partial charge in [0.15, 0.2) is 6.61 Å². The van der Waals surface area contributed by atoms with E-state index >= 15 is 0 Å². The van der Waals surface area contributed by atoms with Crippen LogP contribution >= 0.6 is 22.6 Å². The van der Waals surface area contributed by atoms with Crippen molar-refractivity contribution in [3.8, 4) is 5.75 Å². The van der Waals surface area contributed by atoms with Gasteiger partial charge in [0.2, 0.25) is 0 Å². The number of likely N-dealkylation sites (N-methyl/N-ethyl adjacent to an activating group) is 1. The molecule has 0 aromatic heterocycles. The topological polar surface area (TPSA) is 29.5 Å². The molecule has 0 aliphatic carbocycles. The van der Waals surface area contributed by atoms with E-state index in [4.69, 9.17) is 4.74 Å². The van der Waals surface area contributed by atoms with Crippen molar-refractivity contribution in [2.75, 3.05) is 18.1 Å². The van der Waals surface area contributed by atoms with Crippen LogP contribution in [-0.4, -0.2) is 19.1 Å². The molecule has 0 radical (unpaired) electrons. The second kappa shape index (κ2) is 3.76. The van der Waals surface area contributed by atoms with Crippen molar-refractivity contribution in [1.82, 2.24) is 0 Å². The third-order valence-corrected chi connectivity index (χ3v) is 2.85. The van der Waals surface area contributed by atoms with E-state index in [9.17, 15) is 4.79 Å². The van der Waals surface area contributed by atoms with Crippen LogP contribution in [0, 0.1) is 3.57 Å². The quantitative estimate of drug-likeness (QED) is 0.743. The zero-order valence-corrected chi connectivity index (χ0v) is 9.95. The van der Waals surface area contributed by atoms with Crippen molar-refractivity contribution in [1.29, 1.82) is 0 Å². The SMILES string of the molecule is CCN1C(=O)COc2ccc(I)cc21. The van der Waals surface area contributed by atoms with Crippen molar-refractivity contribution in [3.05, 3.63) is 21.8 Å². The predicted octanol–water partition coefficient (Wildman–Crippen LogP) is 2.04. The van der Waals surface area contributed by atoms with E-state index in [-0.39, 0.29) is 12.5 Å². The number of carbonyl (C=O) groups is 1. The first-order valence-corrected chi connectivity index (χ1v) is 5.53. The van der Waals surface area contributed by atoms with Crippen LogP contribution in [0.25, 0.3) is 0 Å². The van der Waals surface area contributed by atoms with Gasteiger partial charge in [0, 0.05) is 10.1 Å². The molecule has 2 rings (SSSR count). The molecule has 1 aliphatic heterocycles. The predicted molar refractivity (Wildman–Crippen MR) is 62.7 cm³/mol. The molecule has 1 aromatic rings. The Labute approximate surface area is 96.2 Å². The first kappa shape index (κ1) is 9.76. The van der Waals surface area contributed by atoms with Crippen molar-refractivity contribution in [3.63, 3.8) is 0 Å². The summed E-state index contributed by atoms with van der Waals surface area (Å²) in [7, 11) is 0. The van der Waals surface area contributed by atoms with E-state index in [1.165, 1.54) is 0 Å². The number of anilines is 1. The second-order valence-corrected chi connectivity index (χ2v) is 4.28. The zero-order valence-electron chi connectivity index (χ0n) is 7.79. The maximum absolute atomic E-state index is 11.5. The molecular weight excluding hydrogens is 293 g/mol. The summed E-state index contributed by atoms with van der Waals surface area (Å²) in [6, 6.07) is 5.85. The molecule has 1 aliphatic rings. The van der Waals surface area contributed by atoms with Crippen LogP contribution in [0.15, 0.2) is 18.2 Å². The van der Waals surface area contributed by atoms with E-state index in [1.54, 1.807) is 4.90 Å². The van der Waals surface area contributed by atoms with Crippen molar-refractivity contribution in [2.45, 2.75) is 6.92 Å². The van der Waals surface area contributed by atoms with Gasteiger partial charge in [-0.05, 0) is 47.7 Å². The Morgan fingerprint density at radius 1 is 1.57 bits per heavy atom. The highest BCUT2D eigenvalue weighted by atomic mass is 127. The number of hydrogen-bond acceptors (Lipinski definition) is 2. The average molecular weight is 303 g/mol. The summed E-state index contributed by atoms with van der Waals surface area (Å²) in [5, 5.41) is 0. The molecule has 4 heteroatoms. The molecular formula is C10H10INO2. The minimum Gasteiger partial charge on any atom is -0.482 e. The van der Waals surface area contributed by atoms with Crippen molar-refractivity contribution >= 4 is 34.2 Å². The summed E-state index contributed by atoms with van der Waals surface area (Å²) in [5.74, 6) is 0.828. The van der Waals surface area contributed by atoms with Gasteiger partial charge in [-0.2, -0.15) is 0 Å². The highest BCUT2D eigenvalue weighted by Gasteiger charge is 2.23. The number of halogens is 1. The van der Waals surface area contributed by atoms with E-state index in [0.29, 0.717) is 6.54 Å². The van der Waals surface area contributed by atoms with Gasteiger partial charge < -0.3 is 9.64 Å². The number of fused-ring (bicyclic) bond motifs is 1. The lowest BCUT2D eigenvalue weighted by molar-refractivity contribution is -0.121. The molecule has 0 fully saturated rings. The van der Waals surface area contributed by atoms with Crippen LogP contribution in [0.5, 0.6) is 5.75 Å². The van der Waals surface area contributed by atoms with Crippen molar-refractivity contribution < 1.29 is 9.53 Å². The normalized spacial score (nSPS) is 15.0. The summed E-state index contributed by atoms with van der Waals surface area (Å²) in [5.41, 5.74) is 0.885. The Balaban J connectivity index is 2.49. The Morgan fingerprint density at radius 3 is 3.07 bits per heavy atom. The summed E-state index contributed by atoms with van der Waals surface area (Å²) in [4.78, 5) is 13.2. The van der Waals surface area contributed by atoms with Gasteiger partial charge in [0.05, 0.1) is 5.69 Å². The van der Waals surface area contributed by atoms with Gasteiger partial charge in [0.25, 0.3) is 5.91 Å². The highest BCUT2D eigenvalue weighted by Crippen LogP contribution is 2.32. The molecule has 1 amide bonds. The molecule has 1 heterocycles. The molecule has 14 heavy (non-hydrogen) atoms. The number of amides is 1. The van der Waals surface area contributed by atoms with Crippen LogP contribution in [0.1, 0.15) is 6.92 Å². The first-order valence-electron chi connectivity index (χ1n) is 4.45. The molecule has 0 bridgehead atoms. The van der Waals surface area contributed by atoms with Gasteiger partial charge in [-0.3, -0.25) is 4.79 Å². The zero-order chi connectivity index (χ0) is 10.1. The Morgan fingerprint density at radius 2 is 2.36 bits per heavy atom.